The van der Waals surface area contributed by atoms with Crippen molar-refractivity contribution in [3.8, 4) is 5.75 Å². The van der Waals surface area contributed by atoms with Gasteiger partial charge in [-0.05, 0) is 59.3 Å². The van der Waals surface area contributed by atoms with E-state index in [1.165, 1.54) is 0 Å². The van der Waals surface area contributed by atoms with Crippen LogP contribution in [0.3, 0.4) is 0 Å². The van der Waals surface area contributed by atoms with Gasteiger partial charge in [0, 0.05) is 21.5 Å². The molecule has 0 radical (unpaired) electrons. The number of rotatable bonds is 2. The van der Waals surface area contributed by atoms with Crippen LogP contribution in [0, 0.1) is 0 Å². The molecule has 1 spiro atoms. The average molecular weight is 539 g/mol. The van der Waals surface area contributed by atoms with E-state index >= 15 is 0 Å². The highest BCUT2D eigenvalue weighted by molar-refractivity contribution is 9.10. The summed E-state index contributed by atoms with van der Waals surface area (Å²) in [4.78, 5) is 13.4. The quantitative estimate of drug-likeness (QED) is 0.390. The number of hydrogen-bond donors (Lipinski definition) is 1. The van der Waals surface area contributed by atoms with E-state index in [9.17, 15) is 4.79 Å². The van der Waals surface area contributed by atoms with Crippen molar-refractivity contribution in [1.82, 2.24) is 10.3 Å². The lowest BCUT2D eigenvalue weighted by molar-refractivity contribution is -0.0949. The van der Waals surface area contributed by atoms with E-state index in [-0.39, 0.29) is 11.3 Å². The van der Waals surface area contributed by atoms with Crippen LogP contribution < -0.4 is 10.1 Å². The fourth-order valence-corrected chi connectivity index (χ4v) is 5.95. The molecular formula is C25H17BrClN3O2S. The number of amides is 1. The lowest BCUT2D eigenvalue weighted by Gasteiger charge is -2.45. The molecule has 3 aliphatic rings. The van der Waals surface area contributed by atoms with Gasteiger partial charge >= 0.3 is 5.85 Å². The molecule has 33 heavy (non-hydrogen) atoms. The summed E-state index contributed by atoms with van der Waals surface area (Å²) in [6.45, 7) is 0. The Kier molecular flexibility index (Phi) is 5.01. The minimum atomic E-state index is -1.23. The van der Waals surface area contributed by atoms with Crippen molar-refractivity contribution in [3.63, 3.8) is 0 Å². The zero-order valence-electron chi connectivity index (χ0n) is 17.2. The number of fused-ring (bicyclic) bond motifs is 4. The Morgan fingerprint density at radius 3 is 2.82 bits per heavy atom. The minimum absolute atomic E-state index is 0.132. The van der Waals surface area contributed by atoms with Crippen molar-refractivity contribution in [1.29, 1.82) is 0 Å². The van der Waals surface area contributed by atoms with Gasteiger partial charge in [-0.1, -0.05) is 70.0 Å². The lowest BCUT2D eigenvalue weighted by atomic mass is 9.95. The Bertz CT molecular complexity index is 1350. The smallest absolute Gasteiger partial charge is 0.314 e. The Balaban J connectivity index is 1.53. The molecule has 3 heterocycles. The molecule has 8 heteroatoms. The molecule has 0 bridgehead atoms. The van der Waals surface area contributed by atoms with Gasteiger partial charge in [-0.2, -0.15) is 5.10 Å². The van der Waals surface area contributed by atoms with Gasteiger partial charge in [0.1, 0.15) is 5.75 Å². The molecule has 1 saturated heterocycles. The highest BCUT2D eigenvalue weighted by atomic mass is 79.9. The molecular weight excluding hydrogens is 522 g/mol. The molecule has 5 nitrogen and oxygen atoms in total. The second-order valence-corrected chi connectivity index (χ2v) is 10.4. The third-order valence-electron chi connectivity index (χ3n) is 5.88. The van der Waals surface area contributed by atoms with E-state index in [2.05, 4.69) is 21.2 Å². The minimum Gasteiger partial charge on any atom is -0.444 e. The number of ether oxygens (including phenoxy) is 1. The number of halogens is 2. The van der Waals surface area contributed by atoms with E-state index in [1.54, 1.807) is 6.07 Å². The van der Waals surface area contributed by atoms with Crippen LogP contribution in [-0.4, -0.2) is 21.8 Å². The summed E-state index contributed by atoms with van der Waals surface area (Å²) in [7, 11) is 0. The molecule has 2 unspecified atom stereocenters. The molecule has 0 saturated carbocycles. The number of thioether (sulfide) groups is 1. The van der Waals surface area contributed by atoms with Crippen LogP contribution in [0.4, 0.5) is 4.79 Å². The maximum Gasteiger partial charge on any atom is 0.314 e. The van der Waals surface area contributed by atoms with Crippen LogP contribution in [0.2, 0.25) is 5.02 Å². The van der Waals surface area contributed by atoms with Crippen LogP contribution in [0.15, 0.2) is 87.3 Å². The van der Waals surface area contributed by atoms with Crippen molar-refractivity contribution in [2.24, 2.45) is 5.10 Å². The van der Waals surface area contributed by atoms with E-state index in [4.69, 9.17) is 21.4 Å². The molecule has 1 amide bonds. The Hall–Kier alpha value is -2.74. The van der Waals surface area contributed by atoms with Gasteiger partial charge in [0.15, 0.2) is 0 Å². The Labute approximate surface area is 208 Å². The van der Waals surface area contributed by atoms with Crippen LogP contribution >= 0.6 is 39.3 Å². The Morgan fingerprint density at radius 1 is 1.15 bits per heavy atom. The number of carbonyl (C=O) groups is 1. The zero-order valence-corrected chi connectivity index (χ0v) is 20.3. The summed E-state index contributed by atoms with van der Waals surface area (Å²) >= 11 is 11.0. The highest BCUT2D eigenvalue weighted by Gasteiger charge is 2.58. The monoisotopic (exact) mass is 537 g/mol. The third kappa shape index (κ3) is 3.55. The normalized spacial score (nSPS) is 24.4. The van der Waals surface area contributed by atoms with Crippen LogP contribution in [-0.2, 0) is 0 Å². The Morgan fingerprint density at radius 2 is 2.00 bits per heavy atom. The number of hydrazone groups is 1. The maximum atomic E-state index is 12.7. The zero-order chi connectivity index (χ0) is 22.6. The van der Waals surface area contributed by atoms with Crippen molar-refractivity contribution >= 4 is 56.3 Å². The number of benzene rings is 3. The van der Waals surface area contributed by atoms with E-state index in [0.717, 1.165) is 43.5 Å². The van der Waals surface area contributed by atoms with Crippen LogP contribution in [0.5, 0.6) is 5.75 Å². The molecule has 1 fully saturated rings. The average Bonchev–Trinajstić information content (AvgIpc) is 3.38. The first-order valence-corrected chi connectivity index (χ1v) is 12.4. The highest BCUT2D eigenvalue weighted by Crippen LogP contribution is 2.53. The van der Waals surface area contributed by atoms with Crippen molar-refractivity contribution in [2.75, 3.05) is 0 Å². The van der Waals surface area contributed by atoms with Gasteiger partial charge < -0.3 is 4.74 Å². The molecule has 2 atom stereocenters. The first kappa shape index (κ1) is 20.8. The lowest BCUT2D eigenvalue weighted by Crippen LogP contribution is -2.61. The molecule has 3 aliphatic heterocycles. The molecule has 3 aromatic rings. The summed E-state index contributed by atoms with van der Waals surface area (Å²) in [6, 6.07) is 23.4. The van der Waals surface area contributed by atoms with Crippen LogP contribution in [0.1, 0.15) is 29.2 Å². The molecule has 0 aromatic heterocycles. The second-order valence-electron chi connectivity index (χ2n) is 7.98. The molecule has 164 valence electrons. The van der Waals surface area contributed by atoms with Gasteiger partial charge in [-0.3, -0.25) is 10.1 Å². The van der Waals surface area contributed by atoms with E-state index < -0.39 is 5.85 Å². The van der Waals surface area contributed by atoms with Crippen molar-refractivity contribution in [3.05, 3.63) is 104 Å². The first-order valence-electron chi connectivity index (χ1n) is 10.4. The van der Waals surface area contributed by atoms with Gasteiger partial charge in [0.25, 0.3) is 5.24 Å². The summed E-state index contributed by atoms with van der Waals surface area (Å²) in [6.07, 6.45) is 2.65. The summed E-state index contributed by atoms with van der Waals surface area (Å²) in [5.74, 6) is -0.542. The molecule has 3 aromatic carbocycles. The second kappa shape index (κ2) is 7.94. The molecule has 0 aliphatic carbocycles. The predicted octanol–water partition coefficient (Wildman–Crippen LogP) is 6.80. The largest absolute Gasteiger partial charge is 0.444 e. The number of nitrogens with zero attached hydrogens (tertiary/aromatic N) is 2. The van der Waals surface area contributed by atoms with Gasteiger partial charge in [-0.25, -0.2) is 5.01 Å². The predicted molar refractivity (Wildman–Crippen MR) is 135 cm³/mol. The fourth-order valence-electron chi connectivity index (χ4n) is 4.44. The van der Waals surface area contributed by atoms with Gasteiger partial charge in [0.05, 0.1) is 16.7 Å². The summed E-state index contributed by atoms with van der Waals surface area (Å²) in [5, 5.41) is 10.4. The summed E-state index contributed by atoms with van der Waals surface area (Å²) in [5.41, 5.74) is 3.89. The van der Waals surface area contributed by atoms with Crippen molar-refractivity contribution in [2.45, 2.75) is 18.3 Å². The van der Waals surface area contributed by atoms with Gasteiger partial charge in [0.2, 0.25) is 0 Å². The maximum absolute atomic E-state index is 12.7. The first-order chi connectivity index (χ1) is 16.0. The summed E-state index contributed by atoms with van der Waals surface area (Å²) < 4.78 is 7.51. The molecule has 1 N–H and O–H groups in total. The van der Waals surface area contributed by atoms with Gasteiger partial charge in [-0.15, -0.1) is 0 Å². The number of nitrogens with one attached hydrogen (secondary N) is 1. The van der Waals surface area contributed by atoms with E-state index in [0.29, 0.717) is 17.2 Å². The topological polar surface area (TPSA) is 53.9 Å². The van der Waals surface area contributed by atoms with E-state index in [1.807, 2.05) is 77.8 Å². The fraction of sp³-hybridized carbons (Fsp3) is 0.120. The standard InChI is InChI=1S/C25H17BrClN3O2S/c26-17-8-4-5-15(11-17)12-23-25(28-24(31)33-23)30-21(19-13-18(27)9-10-22(19)32-25)14-20(29-30)16-6-2-1-3-7-16/h1-13,21H,14H2,(H,28,31)/b23-12-. The van der Waals surface area contributed by atoms with Crippen molar-refractivity contribution < 1.29 is 9.53 Å². The number of hydrogen-bond acceptors (Lipinski definition) is 5. The SMILES string of the molecule is O=C1NC2(Oc3ccc(Cl)cc3C3CC(c4ccccc4)=NN32)/C(=C/c2cccc(Br)c2)S1. The van der Waals surface area contributed by atoms with Crippen LogP contribution in [0.25, 0.3) is 6.08 Å². The third-order valence-corrected chi connectivity index (χ3v) is 7.51. The molecule has 6 rings (SSSR count). The number of carbonyl (C=O) groups excluding carboxylic acids is 1.